The standard InChI is InChI=1S/C15H27N3S/c1-5-13-8-17-14(19-13)12(4)18-10-15(11(2)3)6-7-16-9-15/h8,11-12,16,18H,5-7,9-10H2,1-4H3. The maximum absolute atomic E-state index is 4.54. The first kappa shape index (κ1) is 14.9. The van der Waals surface area contributed by atoms with Crippen LogP contribution in [0, 0.1) is 11.3 Å². The third-order valence-corrected chi connectivity index (χ3v) is 5.88. The van der Waals surface area contributed by atoms with E-state index in [9.17, 15) is 0 Å². The first-order chi connectivity index (χ1) is 9.07. The van der Waals surface area contributed by atoms with Gasteiger partial charge in [0.15, 0.2) is 0 Å². The largest absolute Gasteiger partial charge is 0.316 e. The molecule has 2 atom stereocenters. The van der Waals surface area contributed by atoms with Crippen molar-refractivity contribution in [1.29, 1.82) is 0 Å². The molecule has 1 aliphatic heterocycles. The van der Waals surface area contributed by atoms with Gasteiger partial charge < -0.3 is 10.6 Å². The summed E-state index contributed by atoms with van der Waals surface area (Å²) in [7, 11) is 0. The molecule has 0 aliphatic carbocycles. The normalized spacial score (nSPS) is 25.1. The van der Waals surface area contributed by atoms with Crippen LogP contribution >= 0.6 is 11.3 Å². The Kier molecular flexibility index (Phi) is 4.98. The molecule has 0 bridgehead atoms. The van der Waals surface area contributed by atoms with Gasteiger partial charge in [-0.25, -0.2) is 4.98 Å². The first-order valence-corrected chi connectivity index (χ1v) is 8.28. The SMILES string of the molecule is CCc1cnc(C(C)NCC2(C(C)C)CCNC2)s1. The van der Waals surface area contributed by atoms with Crippen LogP contribution in [-0.2, 0) is 6.42 Å². The summed E-state index contributed by atoms with van der Waals surface area (Å²) in [6.07, 6.45) is 4.39. The molecule has 0 saturated carbocycles. The van der Waals surface area contributed by atoms with E-state index in [2.05, 4.69) is 43.3 Å². The summed E-state index contributed by atoms with van der Waals surface area (Å²) in [6.45, 7) is 12.5. The van der Waals surface area contributed by atoms with Gasteiger partial charge in [-0.15, -0.1) is 11.3 Å². The lowest BCUT2D eigenvalue weighted by atomic mass is 9.76. The van der Waals surface area contributed by atoms with E-state index < -0.39 is 0 Å². The number of thiazole rings is 1. The Hall–Kier alpha value is -0.450. The van der Waals surface area contributed by atoms with Gasteiger partial charge >= 0.3 is 0 Å². The lowest BCUT2D eigenvalue weighted by molar-refractivity contribution is 0.202. The average Bonchev–Trinajstić information content (AvgIpc) is 3.05. The minimum Gasteiger partial charge on any atom is -0.316 e. The molecule has 0 aromatic carbocycles. The molecule has 3 nitrogen and oxygen atoms in total. The number of hydrogen-bond donors (Lipinski definition) is 2. The maximum atomic E-state index is 4.54. The summed E-state index contributed by atoms with van der Waals surface area (Å²) in [6, 6.07) is 0.363. The van der Waals surface area contributed by atoms with E-state index in [-0.39, 0.29) is 0 Å². The lowest BCUT2D eigenvalue weighted by Gasteiger charge is -2.34. The van der Waals surface area contributed by atoms with E-state index in [1.54, 1.807) is 0 Å². The fourth-order valence-electron chi connectivity index (χ4n) is 2.74. The zero-order chi connectivity index (χ0) is 13.9. The quantitative estimate of drug-likeness (QED) is 0.841. The minimum absolute atomic E-state index is 0.363. The van der Waals surface area contributed by atoms with Gasteiger partial charge in [0.2, 0.25) is 0 Å². The zero-order valence-electron chi connectivity index (χ0n) is 12.6. The predicted molar refractivity (Wildman–Crippen MR) is 82.7 cm³/mol. The Bertz CT molecular complexity index is 394. The van der Waals surface area contributed by atoms with E-state index in [1.165, 1.54) is 16.3 Å². The van der Waals surface area contributed by atoms with Crippen LogP contribution in [0.4, 0.5) is 0 Å². The Balaban J connectivity index is 1.93. The molecule has 4 heteroatoms. The van der Waals surface area contributed by atoms with Crippen molar-refractivity contribution in [2.75, 3.05) is 19.6 Å². The topological polar surface area (TPSA) is 37.0 Å². The number of nitrogens with zero attached hydrogens (tertiary/aromatic N) is 1. The first-order valence-electron chi connectivity index (χ1n) is 7.46. The van der Waals surface area contributed by atoms with Gasteiger partial charge in [0.25, 0.3) is 0 Å². The summed E-state index contributed by atoms with van der Waals surface area (Å²) in [5, 5.41) is 8.45. The van der Waals surface area contributed by atoms with Crippen LogP contribution in [0.2, 0.25) is 0 Å². The Morgan fingerprint density at radius 1 is 1.47 bits per heavy atom. The highest BCUT2D eigenvalue weighted by Gasteiger charge is 2.36. The van der Waals surface area contributed by atoms with Gasteiger partial charge in [-0.1, -0.05) is 20.8 Å². The van der Waals surface area contributed by atoms with E-state index in [0.717, 1.165) is 26.1 Å². The second kappa shape index (κ2) is 6.33. The Labute approximate surface area is 121 Å². The summed E-state index contributed by atoms with van der Waals surface area (Å²) in [5.74, 6) is 0.713. The van der Waals surface area contributed by atoms with E-state index in [4.69, 9.17) is 0 Å². The van der Waals surface area contributed by atoms with Crippen molar-refractivity contribution in [3.8, 4) is 0 Å². The molecule has 1 aliphatic rings. The molecular formula is C15H27N3S. The van der Waals surface area contributed by atoms with Crippen molar-refractivity contribution in [3.05, 3.63) is 16.1 Å². The summed E-state index contributed by atoms with van der Waals surface area (Å²) in [4.78, 5) is 5.92. The molecule has 2 unspecified atom stereocenters. The molecular weight excluding hydrogens is 254 g/mol. The molecule has 19 heavy (non-hydrogen) atoms. The van der Waals surface area contributed by atoms with Crippen LogP contribution in [0.25, 0.3) is 0 Å². The molecule has 0 amide bonds. The fourth-order valence-corrected chi connectivity index (χ4v) is 3.62. The number of nitrogens with one attached hydrogen (secondary N) is 2. The third kappa shape index (κ3) is 3.36. The minimum atomic E-state index is 0.363. The molecule has 2 rings (SSSR count). The van der Waals surface area contributed by atoms with Gasteiger partial charge in [-0.3, -0.25) is 0 Å². The highest BCUT2D eigenvalue weighted by Crippen LogP contribution is 2.34. The smallest absolute Gasteiger partial charge is 0.109 e. The third-order valence-electron chi connectivity index (χ3n) is 4.55. The molecule has 108 valence electrons. The van der Waals surface area contributed by atoms with Gasteiger partial charge in [-0.2, -0.15) is 0 Å². The fraction of sp³-hybridized carbons (Fsp3) is 0.800. The van der Waals surface area contributed by atoms with Crippen LogP contribution in [-0.4, -0.2) is 24.6 Å². The van der Waals surface area contributed by atoms with Crippen LogP contribution < -0.4 is 10.6 Å². The van der Waals surface area contributed by atoms with Crippen LogP contribution in [0.15, 0.2) is 6.20 Å². The number of rotatable bonds is 6. The van der Waals surface area contributed by atoms with Gasteiger partial charge in [0.1, 0.15) is 5.01 Å². The second-order valence-corrected chi connectivity index (χ2v) is 7.21. The lowest BCUT2D eigenvalue weighted by Crippen LogP contribution is -2.41. The Morgan fingerprint density at radius 3 is 2.79 bits per heavy atom. The second-order valence-electron chi connectivity index (χ2n) is 6.06. The monoisotopic (exact) mass is 281 g/mol. The van der Waals surface area contributed by atoms with Crippen molar-refractivity contribution < 1.29 is 0 Å². The Morgan fingerprint density at radius 2 is 2.26 bits per heavy atom. The molecule has 1 saturated heterocycles. The van der Waals surface area contributed by atoms with Gasteiger partial charge in [-0.05, 0) is 37.6 Å². The van der Waals surface area contributed by atoms with Crippen molar-refractivity contribution >= 4 is 11.3 Å². The zero-order valence-corrected chi connectivity index (χ0v) is 13.4. The number of hydrogen-bond acceptors (Lipinski definition) is 4. The van der Waals surface area contributed by atoms with E-state index in [1.807, 2.05) is 17.5 Å². The molecule has 1 aromatic heterocycles. The van der Waals surface area contributed by atoms with E-state index >= 15 is 0 Å². The molecule has 1 fully saturated rings. The summed E-state index contributed by atoms with van der Waals surface area (Å²) in [5.41, 5.74) is 0.416. The van der Waals surface area contributed by atoms with Crippen molar-refractivity contribution in [2.45, 2.75) is 46.6 Å². The molecule has 0 radical (unpaired) electrons. The van der Waals surface area contributed by atoms with Crippen LogP contribution in [0.5, 0.6) is 0 Å². The number of aryl methyl sites for hydroxylation is 1. The van der Waals surface area contributed by atoms with Crippen LogP contribution in [0.3, 0.4) is 0 Å². The van der Waals surface area contributed by atoms with Crippen molar-refractivity contribution in [3.63, 3.8) is 0 Å². The maximum Gasteiger partial charge on any atom is 0.109 e. The molecule has 2 heterocycles. The number of aromatic nitrogens is 1. The van der Waals surface area contributed by atoms with Crippen LogP contribution in [0.1, 0.15) is 50.0 Å². The van der Waals surface area contributed by atoms with Gasteiger partial charge in [0.05, 0.1) is 6.04 Å². The molecule has 0 spiro atoms. The molecule has 2 N–H and O–H groups in total. The predicted octanol–water partition coefficient (Wildman–Crippen LogP) is 2.99. The highest BCUT2D eigenvalue weighted by atomic mass is 32.1. The highest BCUT2D eigenvalue weighted by molar-refractivity contribution is 7.11. The van der Waals surface area contributed by atoms with Gasteiger partial charge in [0, 0.05) is 24.2 Å². The van der Waals surface area contributed by atoms with Crippen molar-refractivity contribution in [2.24, 2.45) is 11.3 Å². The molecule has 1 aromatic rings. The summed E-state index contributed by atoms with van der Waals surface area (Å²) < 4.78 is 0. The van der Waals surface area contributed by atoms with Crippen molar-refractivity contribution in [1.82, 2.24) is 15.6 Å². The average molecular weight is 281 g/mol. The van der Waals surface area contributed by atoms with E-state index in [0.29, 0.717) is 17.4 Å². The summed E-state index contributed by atoms with van der Waals surface area (Å²) >= 11 is 1.84.